The van der Waals surface area contributed by atoms with Gasteiger partial charge in [0, 0.05) is 446 Å². The zero-order valence-electron chi connectivity index (χ0n) is 54.7. The SMILES string of the molecule is O.O.O.O.O.O.O.O.O.O.O.O.O.O.O.O.O.O.O.O.O.O.O.O.O.O.O.O.O.O.O.O.O.O.O.O.O.O.O.O.O.O.O.O.O.O.O.O.O.O.O.O.O.O.O.O.O.O.O.O.O.O.O.O.O.O.O.O.O.O.[Co].[Co].[Co].[Co].[K+].[K+].[K+].[K+].[K+].[K+].[K+].[K+].[K+].[K+].[PH].[PH].[W].[W].[W].[W].[W].[W].[W].[W].[W].[W].[W].[W].[W].[W].[W].[W].[W].[W]. The van der Waals surface area contributed by atoms with E-state index in [-0.39, 0.29) is 1360 Å². The molecule has 0 aliphatic heterocycles. The van der Waals surface area contributed by atoms with Crippen molar-refractivity contribution in [3.8, 4) is 0 Å². The van der Waals surface area contributed by atoms with Crippen LogP contribution in [-0.2, 0) is 446 Å². The standard InChI is InChI=1S/4Co.10K.70H2O.2HP.18W/h;;;;;;;;;;;;;;70*1H2;2*1H;;;;;;;;;;;;;;;;;;/q;;;;10*+1;;;;;;;;;;;;;;;;;;;;;;;;;;;;;;;;;;;;;;;;;;;;;;;;;;;;;;;;;;;;;;;;;;;;;;;;;;;;;;;;;;;;;;;;;;. The molecule has 0 saturated carbocycles. The Bertz CT molecular complexity index is 150. The van der Waals surface area contributed by atoms with Gasteiger partial charge in [0.25, 0.3) is 0 Å². The summed E-state index contributed by atoms with van der Waals surface area (Å²) in [5, 5.41) is 0. The van der Waals surface area contributed by atoms with Gasteiger partial charge in [-0.1, -0.05) is 19.8 Å². The van der Waals surface area contributed by atoms with Crippen molar-refractivity contribution in [1.29, 1.82) is 0 Å². The largest absolute Gasteiger partial charge is 1.00 e. The molecule has 0 aromatic rings. The van der Waals surface area contributed by atoms with E-state index in [1.807, 2.05) is 0 Å². The second-order valence-corrected chi connectivity index (χ2v) is 0. The summed E-state index contributed by atoms with van der Waals surface area (Å²) in [4.78, 5) is 0. The first-order chi connectivity index (χ1) is 0. The minimum atomic E-state index is 0. The Morgan fingerprint density at radius 2 is 0.0481 bits per heavy atom. The number of hydrogen-bond donors (Lipinski definition) is 0. The Kier molecular flexibility index (Phi) is 72400. The van der Waals surface area contributed by atoms with E-state index in [9.17, 15) is 0 Å². The molecule has 0 bridgehead atoms. The van der Waals surface area contributed by atoms with Crippen molar-refractivity contribution < 1.29 is 1340 Å². The van der Waals surface area contributed by atoms with Crippen LogP contribution >= 0.6 is 19.8 Å². The molecule has 0 aliphatic rings. The summed E-state index contributed by atoms with van der Waals surface area (Å²) in [6.07, 6.45) is 0. The van der Waals surface area contributed by atoms with Crippen LogP contribution in [0.1, 0.15) is 0 Å². The molecule has 0 heterocycles. The topological polar surface area (TPSA) is 2200 Å². The molecule has 0 atom stereocenters. The quantitative estimate of drug-likeness (QED) is 0.161. The third kappa shape index (κ3) is 2650. The van der Waals surface area contributed by atoms with Crippen molar-refractivity contribution in [2.24, 2.45) is 0 Å². The van der Waals surface area contributed by atoms with Crippen LogP contribution in [0, 0.1) is 0 Å². The number of hydrogen-bond acceptors (Lipinski definition) is 0. The van der Waals surface area contributed by atoms with Crippen LogP contribution in [0.2, 0.25) is 0 Å². The first kappa shape index (κ1) is 2780. The fourth-order valence-electron chi connectivity index (χ4n) is 0. The first-order valence-corrected chi connectivity index (χ1v) is 0. The van der Waals surface area contributed by atoms with Gasteiger partial charge in [-0.2, -0.15) is 0 Å². The van der Waals surface area contributed by atoms with Crippen LogP contribution in [0.15, 0.2) is 0 Å². The first-order valence-electron chi connectivity index (χ1n) is 0. The van der Waals surface area contributed by atoms with Crippen molar-refractivity contribution in [2.75, 3.05) is 0 Å². The van der Waals surface area contributed by atoms with Crippen molar-refractivity contribution in [3.05, 3.63) is 0 Å². The van der Waals surface area contributed by atoms with Gasteiger partial charge in [-0.25, -0.2) is 0 Å². The molecular formula is H142Co4K10O70P2W18+10. The van der Waals surface area contributed by atoms with E-state index in [1.165, 1.54) is 0 Å². The van der Waals surface area contributed by atoms with Crippen LogP contribution in [0.25, 0.3) is 0 Å². The third-order valence-corrected chi connectivity index (χ3v) is 0. The molecule has 0 spiro atoms. The Balaban J connectivity index is 0. The molecular weight excluding hydrogens is 5120 g/mol. The van der Waals surface area contributed by atoms with Crippen molar-refractivity contribution >= 4 is 19.8 Å². The maximum absolute atomic E-state index is 0. The van der Waals surface area contributed by atoms with Crippen LogP contribution in [-0.4, -0.2) is 383 Å². The summed E-state index contributed by atoms with van der Waals surface area (Å²) in [5.74, 6) is 0. The molecule has 104 heavy (non-hydrogen) atoms. The van der Waals surface area contributed by atoms with Crippen molar-refractivity contribution in [1.82, 2.24) is 0 Å². The minimum absolute atomic E-state index is 0. The molecule has 0 aliphatic carbocycles. The van der Waals surface area contributed by atoms with Gasteiger partial charge < -0.3 is 383 Å². The van der Waals surface area contributed by atoms with Crippen LogP contribution in [0.4, 0.5) is 0 Å². The van der Waals surface area contributed by atoms with Crippen LogP contribution < -0.4 is 514 Å². The molecule has 0 unspecified atom stereocenters. The summed E-state index contributed by atoms with van der Waals surface area (Å²) in [6, 6.07) is 0. The Morgan fingerprint density at radius 3 is 0.0481 bits per heavy atom. The zero-order chi connectivity index (χ0) is 0. The van der Waals surface area contributed by atoms with Gasteiger partial charge in [0.2, 0.25) is 0 Å². The molecule has 8 radical (unpaired) electrons. The molecule has 716 valence electrons. The van der Waals surface area contributed by atoms with E-state index in [4.69, 9.17) is 0 Å². The molecule has 140 N–H and O–H groups in total. The van der Waals surface area contributed by atoms with E-state index in [0.717, 1.165) is 0 Å². The normalized spacial score (nSPS) is 0. The molecule has 70 nitrogen and oxygen atoms in total. The summed E-state index contributed by atoms with van der Waals surface area (Å²) < 4.78 is 0. The molecule has 104 heteroatoms. The predicted molar refractivity (Wildman–Crippen MR) is 270 cm³/mol. The Hall–Kier alpha value is 28.8. The monoisotopic (exact) mass is 5260 g/mol. The number of rotatable bonds is 0. The molecule has 0 amide bonds. The summed E-state index contributed by atoms with van der Waals surface area (Å²) in [5.41, 5.74) is 0. The zero-order valence-corrected chi connectivity index (χ0v) is 145. The summed E-state index contributed by atoms with van der Waals surface area (Å²) >= 11 is 0. The average Bonchev–Trinajstić information content (AvgIpc) is 0. The van der Waals surface area contributed by atoms with Gasteiger partial charge in [-0.05, 0) is 0 Å². The van der Waals surface area contributed by atoms with Crippen LogP contribution in [0.3, 0.4) is 0 Å². The minimum Gasteiger partial charge on any atom is -0.412 e. The Labute approximate surface area is 1330 Å². The molecule has 0 fully saturated rings. The van der Waals surface area contributed by atoms with Crippen molar-refractivity contribution in [2.45, 2.75) is 0 Å². The van der Waals surface area contributed by atoms with E-state index in [1.54, 1.807) is 0 Å². The van der Waals surface area contributed by atoms with Gasteiger partial charge >= 0.3 is 514 Å². The molecule has 0 rings (SSSR count). The van der Waals surface area contributed by atoms with Gasteiger partial charge in [-0.15, -0.1) is 0 Å². The maximum Gasteiger partial charge on any atom is 1.00 e. The predicted octanol–water partition coefficient (Wildman–Crippen LogP) is -86.6. The summed E-state index contributed by atoms with van der Waals surface area (Å²) in [7, 11) is 0. The third-order valence-electron chi connectivity index (χ3n) is 0. The van der Waals surface area contributed by atoms with E-state index < -0.39 is 0 Å². The van der Waals surface area contributed by atoms with Gasteiger partial charge in [0.15, 0.2) is 0 Å². The van der Waals surface area contributed by atoms with Gasteiger partial charge in [0.1, 0.15) is 0 Å². The molecule has 0 saturated heterocycles. The second kappa shape index (κ2) is 2710. The van der Waals surface area contributed by atoms with E-state index >= 15 is 0 Å². The molecule has 0 aromatic carbocycles. The molecule has 0 aromatic heterocycles. The average molecular weight is 5260 g/mol. The van der Waals surface area contributed by atoms with Crippen LogP contribution in [0.5, 0.6) is 0 Å². The fourth-order valence-corrected chi connectivity index (χ4v) is 0. The van der Waals surface area contributed by atoms with Gasteiger partial charge in [-0.3, -0.25) is 0 Å². The smallest absolute Gasteiger partial charge is 0.412 e. The van der Waals surface area contributed by atoms with E-state index in [0.29, 0.717) is 0 Å². The van der Waals surface area contributed by atoms with Crippen molar-refractivity contribution in [3.63, 3.8) is 0 Å². The van der Waals surface area contributed by atoms with Gasteiger partial charge in [0.05, 0.1) is 0 Å². The van der Waals surface area contributed by atoms with E-state index in [2.05, 4.69) is 0 Å². The second-order valence-electron chi connectivity index (χ2n) is 0. The maximum atomic E-state index is 0. The summed E-state index contributed by atoms with van der Waals surface area (Å²) in [6.45, 7) is 0. The fraction of sp³-hybridized carbons (Fsp3) is 0. The Morgan fingerprint density at radius 1 is 0.0481 bits per heavy atom.